The third-order valence-electron chi connectivity index (χ3n) is 4.03. The van der Waals surface area contributed by atoms with Crippen LogP contribution in [0.4, 0.5) is 14.9 Å². The van der Waals surface area contributed by atoms with E-state index >= 15 is 0 Å². The number of urea groups is 1. The third kappa shape index (κ3) is 3.83. The van der Waals surface area contributed by atoms with Crippen LogP contribution in [0.3, 0.4) is 0 Å². The van der Waals surface area contributed by atoms with Gasteiger partial charge in [-0.05, 0) is 30.3 Å². The van der Waals surface area contributed by atoms with Crippen LogP contribution in [0.15, 0.2) is 36.4 Å². The first kappa shape index (κ1) is 18.7. The van der Waals surface area contributed by atoms with Gasteiger partial charge in [0, 0.05) is 29.6 Å². The Bertz CT molecular complexity index is 821. The Balaban J connectivity index is 1.81. The molecule has 1 saturated heterocycles. The molecule has 1 aliphatic heterocycles. The normalized spacial score (nSPS) is 16.5. The van der Waals surface area contributed by atoms with Gasteiger partial charge in [0.1, 0.15) is 22.7 Å². The van der Waals surface area contributed by atoms with Crippen LogP contribution in [-0.4, -0.2) is 37.4 Å². The molecule has 0 bridgehead atoms. The van der Waals surface area contributed by atoms with Crippen molar-refractivity contribution >= 4 is 35.1 Å². The fraction of sp³-hybridized carbons (Fsp3) is 0.278. The van der Waals surface area contributed by atoms with Crippen LogP contribution < -0.4 is 14.8 Å². The van der Waals surface area contributed by atoms with E-state index in [4.69, 9.17) is 21.1 Å². The Kier molecular flexibility index (Phi) is 5.78. The van der Waals surface area contributed by atoms with E-state index in [0.29, 0.717) is 23.7 Å². The number of nitrogens with one attached hydrogen (secondary N) is 1. The van der Waals surface area contributed by atoms with E-state index in [-0.39, 0.29) is 16.4 Å². The lowest BCUT2D eigenvalue weighted by molar-refractivity contribution is 0.213. The van der Waals surface area contributed by atoms with E-state index in [2.05, 4.69) is 5.32 Å². The number of ether oxygens (including phenoxy) is 2. The molecule has 26 heavy (non-hydrogen) atoms. The van der Waals surface area contributed by atoms with Gasteiger partial charge in [-0.3, -0.25) is 0 Å². The van der Waals surface area contributed by atoms with Crippen LogP contribution >= 0.6 is 23.4 Å². The molecule has 1 heterocycles. The van der Waals surface area contributed by atoms with Crippen LogP contribution in [-0.2, 0) is 0 Å². The largest absolute Gasteiger partial charge is 0.497 e. The minimum Gasteiger partial charge on any atom is -0.497 e. The number of nitrogens with zero attached hydrogens (tertiary/aromatic N) is 1. The number of hydrogen-bond acceptors (Lipinski definition) is 4. The van der Waals surface area contributed by atoms with Crippen LogP contribution in [0.1, 0.15) is 10.9 Å². The van der Waals surface area contributed by atoms with Crippen molar-refractivity contribution in [2.45, 2.75) is 5.37 Å². The smallest absolute Gasteiger partial charge is 0.323 e. The van der Waals surface area contributed by atoms with Gasteiger partial charge in [0.15, 0.2) is 0 Å². The van der Waals surface area contributed by atoms with Gasteiger partial charge in [0.2, 0.25) is 0 Å². The fourth-order valence-electron chi connectivity index (χ4n) is 2.73. The number of rotatable bonds is 4. The van der Waals surface area contributed by atoms with Crippen molar-refractivity contribution in [2.24, 2.45) is 0 Å². The number of amides is 2. The fourth-order valence-corrected chi connectivity index (χ4v) is 4.19. The van der Waals surface area contributed by atoms with Gasteiger partial charge in [-0.1, -0.05) is 11.6 Å². The molecule has 2 amide bonds. The number of halogens is 2. The van der Waals surface area contributed by atoms with E-state index in [1.807, 2.05) is 12.1 Å². The topological polar surface area (TPSA) is 50.8 Å². The van der Waals surface area contributed by atoms with Crippen LogP contribution in [0, 0.1) is 5.82 Å². The SMILES string of the molecule is COc1ccc([C@@H]2SCCN2C(=O)Nc2ccc(F)c(Cl)c2)c(OC)c1. The van der Waals surface area contributed by atoms with E-state index in [0.717, 1.165) is 11.3 Å². The van der Waals surface area contributed by atoms with E-state index in [1.165, 1.54) is 18.2 Å². The predicted molar refractivity (Wildman–Crippen MR) is 102 cm³/mol. The predicted octanol–water partition coefficient (Wildman–Crippen LogP) is 4.78. The summed E-state index contributed by atoms with van der Waals surface area (Å²) in [5, 5.41) is 2.55. The maximum absolute atomic E-state index is 13.3. The lowest BCUT2D eigenvalue weighted by Gasteiger charge is -2.26. The van der Waals surface area contributed by atoms with Gasteiger partial charge in [0.25, 0.3) is 0 Å². The summed E-state index contributed by atoms with van der Waals surface area (Å²) in [6, 6.07) is 9.35. The summed E-state index contributed by atoms with van der Waals surface area (Å²) >= 11 is 7.43. The highest BCUT2D eigenvalue weighted by molar-refractivity contribution is 7.99. The molecular formula is C18H18ClFN2O3S. The molecule has 1 N–H and O–H groups in total. The van der Waals surface area contributed by atoms with Crippen molar-refractivity contribution in [3.63, 3.8) is 0 Å². The molecule has 0 radical (unpaired) electrons. The first-order valence-corrected chi connectivity index (χ1v) is 9.32. The van der Waals surface area contributed by atoms with Gasteiger partial charge in [0.05, 0.1) is 19.2 Å². The second-order valence-corrected chi connectivity index (χ2v) is 7.18. The minimum absolute atomic E-state index is 0.0352. The van der Waals surface area contributed by atoms with Crippen LogP contribution in [0.2, 0.25) is 5.02 Å². The highest BCUT2D eigenvalue weighted by Crippen LogP contribution is 2.43. The van der Waals surface area contributed by atoms with E-state index < -0.39 is 5.82 Å². The number of benzene rings is 2. The minimum atomic E-state index is -0.526. The average Bonchev–Trinajstić information content (AvgIpc) is 3.13. The summed E-state index contributed by atoms with van der Waals surface area (Å²) < 4.78 is 24.0. The highest BCUT2D eigenvalue weighted by Gasteiger charge is 2.33. The van der Waals surface area contributed by atoms with Crippen molar-refractivity contribution in [3.05, 3.63) is 52.8 Å². The standard InChI is InChI=1S/C18H18ClFN2O3S/c1-24-12-4-5-13(16(10-12)25-2)17-22(7-8-26-17)18(23)21-11-3-6-15(20)14(19)9-11/h3-6,9-10,17H,7-8H2,1-2H3,(H,21,23)/t17-/m0/s1. The summed E-state index contributed by atoms with van der Waals surface area (Å²) in [6.45, 7) is 0.589. The summed E-state index contributed by atoms with van der Waals surface area (Å²) in [6.07, 6.45) is 0. The van der Waals surface area contributed by atoms with Crippen LogP contribution in [0.25, 0.3) is 0 Å². The zero-order valence-electron chi connectivity index (χ0n) is 14.3. The molecule has 1 fully saturated rings. The molecule has 138 valence electrons. The molecule has 1 aliphatic rings. The Morgan fingerprint density at radius 2 is 2.08 bits per heavy atom. The molecule has 3 rings (SSSR count). The number of carbonyl (C=O) groups excluding carboxylic acids is 1. The van der Waals surface area contributed by atoms with Crippen LogP contribution in [0.5, 0.6) is 11.5 Å². The maximum atomic E-state index is 13.3. The van der Waals surface area contributed by atoms with Gasteiger partial charge >= 0.3 is 6.03 Å². The second kappa shape index (κ2) is 8.05. The molecule has 0 aromatic heterocycles. The average molecular weight is 397 g/mol. The summed E-state index contributed by atoms with van der Waals surface area (Å²) in [7, 11) is 3.18. The summed E-state index contributed by atoms with van der Waals surface area (Å²) in [5.74, 6) is 1.62. The summed E-state index contributed by atoms with van der Waals surface area (Å²) in [4.78, 5) is 14.4. The first-order chi connectivity index (χ1) is 12.5. The van der Waals surface area contributed by atoms with Crippen molar-refractivity contribution in [1.29, 1.82) is 0 Å². The van der Waals surface area contributed by atoms with Crippen molar-refractivity contribution in [2.75, 3.05) is 31.8 Å². The summed E-state index contributed by atoms with van der Waals surface area (Å²) in [5.41, 5.74) is 1.34. The Morgan fingerprint density at radius 3 is 2.77 bits per heavy atom. The lowest BCUT2D eigenvalue weighted by atomic mass is 10.1. The molecule has 0 unspecified atom stereocenters. The Hall–Kier alpha value is -2.12. The van der Waals surface area contributed by atoms with Gasteiger partial charge < -0.3 is 19.7 Å². The van der Waals surface area contributed by atoms with Gasteiger partial charge in [-0.2, -0.15) is 0 Å². The van der Waals surface area contributed by atoms with Crippen molar-refractivity contribution in [1.82, 2.24) is 4.90 Å². The molecule has 0 aliphatic carbocycles. The molecule has 0 spiro atoms. The van der Waals surface area contributed by atoms with Crippen molar-refractivity contribution in [3.8, 4) is 11.5 Å². The zero-order valence-corrected chi connectivity index (χ0v) is 15.9. The number of carbonyl (C=O) groups is 1. The lowest BCUT2D eigenvalue weighted by Crippen LogP contribution is -2.34. The Labute approximate surface area is 160 Å². The van der Waals surface area contributed by atoms with Crippen molar-refractivity contribution < 1.29 is 18.7 Å². The Morgan fingerprint density at radius 1 is 1.27 bits per heavy atom. The number of anilines is 1. The maximum Gasteiger partial charge on any atom is 0.323 e. The molecule has 5 nitrogen and oxygen atoms in total. The number of hydrogen-bond donors (Lipinski definition) is 1. The monoisotopic (exact) mass is 396 g/mol. The third-order valence-corrected chi connectivity index (χ3v) is 5.56. The van der Waals surface area contributed by atoms with Gasteiger partial charge in [-0.15, -0.1) is 11.8 Å². The van der Waals surface area contributed by atoms with Gasteiger partial charge in [-0.25, -0.2) is 9.18 Å². The zero-order chi connectivity index (χ0) is 18.7. The quantitative estimate of drug-likeness (QED) is 0.808. The molecule has 8 heteroatoms. The molecule has 1 atom stereocenters. The molecule has 2 aromatic carbocycles. The molecule has 0 saturated carbocycles. The van der Waals surface area contributed by atoms with E-state index in [1.54, 1.807) is 36.9 Å². The molecule has 2 aromatic rings. The number of thioether (sulfide) groups is 1. The molecular weight excluding hydrogens is 379 g/mol. The highest BCUT2D eigenvalue weighted by atomic mass is 35.5. The number of methoxy groups -OCH3 is 2. The second-order valence-electron chi connectivity index (χ2n) is 5.58. The first-order valence-electron chi connectivity index (χ1n) is 7.89. The van der Waals surface area contributed by atoms with E-state index in [9.17, 15) is 9.18 Å².